The van der Waals surface area contributed by atoms with Crippen molar-refractivity contribution in [1.82, 2.24) is 26.7 Å². The third-order valence-corrected chi connectivity index (χ3v) is 7.22. The lowest BCUT2D eigenvalue weighted by Crippen LogP contribution is -2.71. The second-order valence-corrected chi connectivity index (χ2v) is 9.43. The van der Waals surface area contributed by atoms with Crippen molar-refractivity contribution in [2.75, 3.05) is 6.67 Å². The summed E-state index contributed by atoms with van der Waals surface area (Å²) in [5.41, 5.74) is 3.20. The number of rotatable bonds is 5. The Labute approximate surface area is 188 Å². The predicted octanol–water partition coefficient (Wildman–Crippen LogP) is 3.77. The molecule has 1 aliphatic carbocycles. The Bertz CT molecular complexity index is 723. The SMILES string of the molecule is CC1NC(c2ccc(CNC3CC(C4CCCCCCC4)(C(F)(F)F)NCN3)cc2)NO1. The molecule has 3 aliphatic rings. The van der Waals surface area contributed by atoms with Crippen molar-refractivity contribution in [1.29, 1.82) is 0 Å². The van der Waals surface area contributed by atoms with Gasteiger partial charge in [-0.05, 0) is 36.8 Å². The van der Waals surface area contributed by atoms with Crippen molar-refractivity contribution < 1.29 is 18.0 Å². The maximum Gasteiger partial charge on any atom is 0.406 e. The minimum absolute atomic E-state index is 0.00436. The average Bonchev–Trinajstić information content (AvgIpc) is 3.18. The molecule has 0 spiro atoms. The lowest BCUT2D eigenvalue weighted by atomic mass is 9.72. The zero-order valence-electron chi connectivity index (χ0n) is 18.7. The van der Waals surface area contributed by atoms with Crippen LogP contribution in [0.5, 0.6) is 0 Å². The molecule has 0 aromatic heterocycles. The Balaban J connectivity index is 1.38. The molecule has 6 nitrogen and oxygen atoms in total. The van der Waals surface area contributed by atoms with Crippen LogP contribution in [0, 0.1) is 5.92 Å². The first-order valence-corrected chi connectivity index (χ1v) is 11.9. The molecular formula is C23H36F3N5O. The molecule has 2 aliphatic heterocycles. The van der Waals surface area contributed by atoms with Gasteiger partial charge in [0.25, 0.3) is 0 Å². The first-order valence-electron chi connectivity index (χ1n) is 11.9. The van der Waals surface area contributed by atoms with Gasteiger partial charge in [0.05, 0.1) is 6.17 Å². The van der Waals surface area contributed by atoms with Gasteiger partial charge in [-0.15, -0.1) is 0 Å². The van der Waals surface area contributed by atoms with Crippen molar-refractivity contribution in [2.24, 2.45) is 5.92 Å². The summed E-state index contributed by atoms with van der Waals surface area (Å²) in [6, 6.07) is 8.02. The van der Waals surface area contributed by atoms with Crippen LogP contribution in [0.3, 0.4) is 0 Å². The first kappa shape index (κ1) is 23.9. The van der Waals surface area contributed by atoms with E-state index >= 15 is 0 Å². The van der Waals surface area contributed by atoms with E-state index in [0.717, 1.165) is 43.2 Å². The topological polar surface area (TPSA) is 69.4 Å². The molecule has 32 heavy (non-hydrogen) atoms. The monoisotopic (exact) mass is 455 g/mol. The van der Waals surface area contributed by atoms with Crippen LogP contribution in [0.15, 0.2) is 24.3 Å². The van der Waals surface area contributed by atoms with Gasteiger partial charge >= 0.3 is 6.18 Å². The standard InChI is InChI=1S/C23H36F3N5O/c1-16-30-21(31-32-16)18-11-9-17(10-12-18)14-27-20-13-22(23(24,25)26,29-15-28-20)19-7-5-3-2-4-6-8-19/h9-12,16,19-21,27-31H,2-8,13-15H2,1H3. The normalized spacial score (nSPS) is 33.1. The van der Waals surface area contributed by atoms with Crippen LogP contribution >= 0.6 is 0 Å². The molecule has 1 saturated carbocycles. The van der Waals surface area contributed by atoms with E-state index in [-0.39, 0.29) is 31.4 Å². The molecule has 4 unspecified atom stereocenters. The van der Waals surface area contributed by atoms with Crippen LogP contribution in [-0.2, 0) is 11.4 Å². The largest absolute Gasteiger partial charge is 0.406 e. The highest BCUT2D eigenvalue weighted by molar-refractivity contribution is 5.25. The van der Waals surface area contributed by atoms with E-state index in [1.807, 2.05) is 31.2 Å². The number of hydrogen-bond acceptors (Lipinski definition) is 6. The number of hydrogen-bond donors (Lipinski definition) is 5. The molecule has 0 amide bonds. The van der Waals surface area contributed by atoms with Gasteiger partial charge in [-0.2, -0.15) is 18.7 Å². The number of benzene rings is 1. The second-order valence-electron chi connectivity index (χ2n) is 9.43. The van der Waals surface area contributed by atoms with E-state index in [4.69, 9.17) is 4.84 Å². The second kappa shape index (κ2) is 10.4. The molecule has 0 bridgehead atoms. The lowest BCUT2D eigenvalue weighted by molar-refractivity contribution is -0.225. The molecule has 4 atom stereocenters. The van der Waals surface area contributed by atoms with E-state index in [0.29, 0.717) is 19.4 Å². The van der Waals surface area contributed by atoms with Gasteiger partial charge in [0, 0.05) is 19.6 Å². The quantitative estimate of drug-likeness (QED) is 0.466. The van der Waals surface area contributed by atoms with Crippen molar-refractivity contribution in [2.45, 2.75) is 95.1 Å². The lowest BCUT2D eigenvalue weighted by Gasteiger charge is -2.49. The van der Waals surface area contributed by atoms with Gasteiger partial charge in [-0.3, -0.25) is 26.1 Å². The number of hydroxylamine groups is 1. The maximum absolute atomic E-state index is 14.4. The zero-order valence-corrected chi connectivity index (χ0v) is 18.7. The van der Waals surface area contributed by atoms with Crippen LogP contribution < -0.4 is 26.7 Å². The predicted molar refractivity (Wildman–Crippen MR) is 117 cm³/mol. The number of alkyl halides is 3. The summed E-state index contributed by atoms with van der Waals surface area (Å²) in [4.78, 5) is 5.31. The Morgan fingerprint density at radius 3 is 2.38 bits per heavy atom. The Kier molecular flexibility index (Phi) is 7.74. The van der Waals surface area contributed by atoms with Crippen LogP contribution in [0.4, 0.5) is 13.2 Å². The number of nitrogens with one attached hydrogen (secondary N) is 5. The number of halogens is 3. The minimum Gasteiger partial charge on any atom is -0.298 e. The van der Waals surface area contributed by atoms with Gasteiger partial charge in [0.2, 0.25) is 0 Å². The smallest absolute Gasteiger partial charge is 0.298 e. The Hall–Kier alpha value is -1.23. The Morgan fingerprint density at radius 1 is 1.06 bits per heavy atom. The van der Waals surface area contributed by atoms with Crippen LogP contribution in [0.25, 0.3) is 0 Å². The van der Waals surface area contributed by atoms with Crippen LogP contribution in [-0.4, -0.2) is 30.8 Å². The fourth-order valence-corrected chi connectivity index (χ4v) is 5.36. The molecule has 2 heterocycles. The van der Waals surface area contributed by atoms with Gasteiger partial charge < -0.3 is 0 Å². The van der Waals surface area contributed by atoms with E-state index in [1.54, 1.807) is 0 Å². The summed E-state index contributed by atoms with van der Waals surface area (Å²) in [6.45, 7) is 2.59. The van der Waals surface area contributed by atoms with Crippen LogP contribution in [0.1, 0.15) is 75.6 Å². The van der Waals surface area contributed by atoms with E-state index in [2.05, 4.69) is 26.7 Å². The molecule has 5 N–H and O–H groups in total. The highest BCUT2D eigenvalue weighted by Gasteiger charge is 2.60. The maximum atomic E-state index is 14.4. The summed E-state index contributed by atoms with van der Waals surface area (Å²) in [5.74, 6) is -0.371. The van der Waals surface area contributed by atoms with E-state index in [9.17, 15) is 13.2 Å². The molecule has 9 heteroatoms. The third-order valence-electron chi connectivity index (χ3n) is 7.22. The summed E-state index contributed by atoms with van der Waals surface area (Å²) >= 11 is 0. The zero-order chi connectivity index (χ0) is 22.6. The van der Waals surface area contributed by atoms with Gasteiger partial charge in [0.15, 0.2) is 0 Å². The summed E-state index contributed by atoms with van der Waals surface area (Å²) in [5, 5.41) is 12.6. The summed E-state index contributed by atoms with van der Waals surface area (Å²) in [6.07, 6.45) is 1.50. The Morgan fingerprint density at radius 2 is 1.75 bits per heavy atom. The molecule has 0 radical (unpaired) electrons. The summed E-state index contributed by atoms with van der Waals surface area (Å²) < 4.78 is 43.3. The highest BCUT2D eigenvalue weighted by Crippen LogP contribution is 2.45. The van der Waals surface area contributed by atoms with Crippen molar-refractivity contribution in [3.8, 4) is 0 Å². The van der Waals surface area contributed by atoms with Crippen molar-refractivity contribution in [3.63, 3.8) is 0 Å². The van der Waals surface area contributed by atoms with Gasteiger partial charge in [-0.1, -0.05) is 56.4 Å². The van der Waals surface area contributed by atoms with Gasteiger partial charge in [-0.25, -0.2) is 0 Å². The third kappa shape index (κ3) is 5.46. The molecule has 1 aromatic rings. The van der Waals surface area contributed by atoms with Crippen molar-refractivity contribution >= 4 is 0 Å². The first-order chi connectivity index (χ1) is 15.4. The molecular weight excluding hydrogens is 419 g/mol. The molecule has 3 fully saturated rings. The van der Waals surface area contributed by atoms with Crippen molar-refractivity contribution in [3.05, 3.63) is 35.4 Å². The average molecular weight is 456 g/mol. The molecule has 4 rings (SSSR count). The highest BCUT2D eigenvalue weighted by atomic mass is 19.4. The molecule has 180 valence electrons. The van der Waals surface area contributed by atoms with E-state index in [1.165, 1.54) is 0 Å². The van der Waals surface area contributed by atoms with Gasteiger partial charge in [0.1, 0.15) is 17.9 Å². The van der Waals surface area contributed by atoms with E-state index < -0.39 is 17.9 Å². The fourth-order valence-electron chi connectivity index (χ4n) is 5.36. The fraction of sp³-hybridized carbons (Fsp3) is 0.739. The minimum atomic E-state index is -4.28. The summed E-state index contributed by atoms with van der Waals surface area (Å²) in [7, 11) is 0. The molecule has 2 saturated heterocycles. The van der Waals surface area contributed by atoms with Crippen LogP contribution in [0.2, 0.25) is 0 Å². The molecule has 1 aromatic carbocycles.